The normalized spacial score (nSPS) is 11.0. The molecule has 1 aromatic carbocycles. The second kappa shape index (κ2) is 10.5. The molecule has 1 heterocycles. The molecule has 0 aliphatic rings. The van der Waals surface area contributed by atoms with Gasteiger partial charge in [0, 0.05) is 11.6 Å². The number of methoxy groups -OCH3 is 1. The van der Waals surface area contributed by atoms with Crippen molar-refractivity contribution in [2.45, 2.75) is 39.5 Å². The van der Waals surface area contributed by atoms with Gasteiger partial charge in [-0.2, -0.15) is 14.9 Å². The Bertz CT molecular complexity index is 1010. The summed E-state index contributed by atoms with van der Waals surface area (Å²) in [7, 11) is 1.40. The number of aromatic nitrogens is 3. The fourth-order valence-electron chi connectivity index (χ4n) is 2.52. The predicted octanol–water partition coefficient (Wildman–Crippen LogP) is 3.37. The number of nitro benzene ring substituents is 1. The van der Waals surface area contributed by atoms with Gasteiger partial charge in [0.2, 0.25) is 10.5 Å². The van der Waals surface area contributed by atoms with Gasteiger partial charge in [-0.15, -0.1) is 0 Å². The number of nitro groups is 1. The van der Waals surface area contributed by atoms with E-state index < -0.39 is 10.5 Å². The van der Waals surface area contributed by atoms with E-state index in [4.69, 9.17) is 21.7 Å². The first-order valence-electron chi connectivity index (χ1n) is 9.11. The summed E-state index contributed by atoms with van der Waals surface area (Å²) < 4.78 is 11.9. The second-order valence-electron chi connectivity index (χ2n) is 6.21. The molecule has 156 valence electrons. The summed E-state index contributed by atoms with van der Waals surface area (Å²) in [6, 6.07) is 2.85. The highest BCUT2D eigenvalue weighted by Gasteiger charge is 2.22. The molecule has 1 aromatic heterocycles. The van der Waals surface area contributed by atoms with Crippen LogP contribution in [0.4, 0.5) is 5.69 Å². The van der Waals surface area contributed by atoms with Gasteiger partial charge in [0.1, 0.15) is 5.69 Å². The summed E-state index contributed by atoms with van der Waals surface area (Å²) >= 11 is 5.01. The molecule has 0 saturated heterocycles. The molecule has 0 radical (unpaired) electrons. The van der Waals surface area contributed by atoms with Gasteiger partial charge in [-0.3, -0.25) is 20.0 Å². The number of aromatic amines is 1. The molecule has 0 atom stereocenters. The number of ether oxygens (including phenoxy) is 2. The van der Waals surface area contributed by atoms with E-state index in [-0.39, 0.29) is 27.7 Å². The van der Waals surface area contributed by atoms with Crippen molar-refractivity contribution in [3.05, 3.63) is 48.6 Å². The maximum absolute atomic E-state index is 12.1. The van der Waals surface area contributed by atoms with Crippen LogP contribution in [0.25, 0.3) is 0 Å². The Balaban J connectivity index is 2.36. The highest BCUT2D eigenvalue weighted by atomic mass is 32.1. The Hall–Kier alpha value is -3.08. The van der Waals surface area contributed by atoms with E-state index in [0.29, 0.717) is 12.2 Å². The maximum Gasteiger partial charge on any atom is 0.315 e. The number of nitrogens with zero attached hydrogens (tertiary/aromatic N) is 4. The van der Waals surface area contributed by atoms with Crippen LogP contribution < -0.4 is 15.0 Å². The lowest BCUT2D eigenvalue weighted by Crippen LogP contribution is -2.22. The number of hydrogen-bond donors (Lipinski definition) is 1. The molecule has 0 amide bonds. The molecule has 2 aromatic rings. The summed E-state index contributed by atoms with van der Waals surface area (Å²) in [6.07, 6.45) is 5.22. The fourth-order valence-corrected chi connectivity index (χ4v) is 2.70. The summed E-state index contributed by atoms with van der Waals surface area (Å²) in [5.41, 5.74) is -0.197. The van der Waals surface area contributed by atoms with Crippen LogP contribution in [0.5, 0.6) is 11.5 Å². The smallest absolute Gasteiger partial charge is 0.315 e. The predicted molar refractivity (Wildman–Crippen MR) is 111 cm³/mol. The lowest BCUT2D eigenvalue weighted by molar-refractivity contribution is -0.386. The van der Waals surface area contributed by atoms with Crippen LogP contribution in [0.2, 0.25) is 0 Å². The van der Waals surface area contributed by atoms with Crippen molar-refractivity contribution in [2.75, 3.05) is 13.7 Å². The monoisotopic (exact) mass is 421 g/mol. The lowest BCUT2D eigenvalue weighted by atomic mass is 10.1. The standard InChI is InChI=1S/C18H23N5O5S/c1-4-5-6-7-8-28-16-14(23(25)26)9-13(10-15(16)27-3)11-19-22-17(24)12(2)20-21-18(22)29/h9-11H,4-8H2,1-3H3,(H,21,29)/b19-11-. The van der Waals surface area contributed by atoms with Crippen molar-refractivity contribution in [3.63, 3.8) is 0 Å². The molecular weight excluding hydrogens is 398 g/mol. The van der Waals surface area contributed by atoms with Crippen LogP contribution in [-0.2, 0) is 0 Å². The van der Waals surface area contributed by atoms with E-state index in [2.05, 4.69) is 22.2 Å². The van der Waals surface area contributed by atoms with Gasteiger partial charge in [-0.25, -0.2) is 0 Å². The minimum Gasteiger partial charge on any atom is -0.493 e. The SMILES string of the molecule is CCCCCCOc1c(OC)cc(/C=N\n2c(=S)[nH]nc(C)c2=O)cc1[N+](=O)[O-]. The van der Waals surface area contributed by atoms with Gasteiger partial charge in [0.25, 0.3) is 5.56 Å². The molecule has 0 spiro atoms. The molecule has 0 saturated carbocycles. The van der Waals surface area contributed by atoms with Crippen LogP contribution in [0.3, 0.4) is 0 Å². The van der Waals surface area contributed by atoms with Gasteiger partial charge < -0.3 is 9.47 Å². The molecule has 11 heteroatoms. The van der Waals surface area contributed by atoms with E-state index >= 15 is 0 Å². The molecule has 0 fully saturated rings. The number of unbranched alkanes of at least 4 members (excludes halogenated alkanes) is 3. The summed E-state index contributed by atoms with van der Waals surface area (Å²) in [4.78, 5) is 23.1. The molecule has 29 heavy (non-hydrogen) atoms. The van der Waals surface area contributed by atoms with Gasteiger partial charge in [-0.1, -0.05) is 26.2 Å². The number of rotatable bonds is 10. The average molecular weight is 421 g/mol. The topological polar surface area (TPSA) is 125 Å². The van der Waals surface area contributed by atoms with E-state index in [1.807, 2.05) is 0 Å². The third kappa shape index (κ3) is 5.70. The quantitative estimate of drug-likeness (QED) is 0.205. The number of nitrogens with one attached hydrogen (secondary N) is 1. The van der Waals surface area contributed by atoms with Crippen LogP contribution in [0.1, 0.15) is 43.9 Å². The third-order valence-electron chi connectivity index (χ3n) is 4.05. The molecule has 10 nitrogen and oxygen atoms in total. The highest BCUT2D eigenvalue weighted by Crippen LogP contribution is 2.38. The largest absolute Gasteiger partial charge is 0.493 e. The fraction of sp³-hybridized carbons (Fsp3) is 0.444. The van der Waals surface area contributed by atoms with Crippen molar-refractivity contribution in [2.24, 2.45) is 5.10 Å². The zero-order valence-corrected chi connectivity index (χ0v) is 17.3. The molecule has 0 bridgehead atoms. The van der Waals surface area contributed by atoms with Crippen LogP contribution >= 0.6 is 12.2 Å². The third-order valence-corrected chi connectivity index (χ3v) is 4.32. The Kier molecular flexibility index (Phi) is 8.01. The number of H-pyrrole nitrogens is 1. The van der Waals surface area contributed by atoms with Crippen LogP contribution in [0, 0.1) is 21.8 Å². The minimum atomic E-state index is -0.545. The Morgan fingerprint density at radius 3 is 2.79 bits per heavy atom. The molecule has 0 aliphatic carbocycles. The molecule has 1 N–H and O–H groups in total. The Labute approximate surface area is 172 Å². The number of benzene rings is 1. The first kappa shape index (κ1) is 22.2. The number of hydrogen-bond acceptors (Lipinski definition) is 8. The maximum atomic E-state index is 12.1. The van der Waals surface area contributed by atoms with Gasteiger partial charge in [-0.05, 0) is 31.6 Å². The van der Waals surface area contributed by atoms with Crippen molar-refractivity contribution in [3.8, 4) is 11.5 Å². The first-order chi connectivity index (χ1) is 13.9. The van der Waals surface area contributed by atoms with Crippen LogP contribution in [-0.4, -0.2) is 39.7 Å². The van der Waals surface area contributed by atoms with Crippen molar-refractivity contribution >= 4 is 24.1 Å². The Morgan fingerprint density at radius 2 is 2.14 bits per heavy atom. The Morgan fingerprint density at radius 1 is 1.38 bits per heavy atom. The van der Waals surface area contributed by atoms with Crippen LogP contribution in [0.15, 0.2) is 22.0 Å². The molecule has 2 rings (SSSR count). The molecule has 0 unspecified atom stereocenters. The van der Waals surface area contributed by atoms with Gasteiger partial charge in [0.05, 0.1) is 24.9 Å². The number of aryl methyl sites for hydroxylation is 1. The summed E-state index contributed by atoms with van der Waals surface area (Å²) in [5, 5.41) is 21.8. The highest BCUT2D eigenvalue weighted by molar-refractivity contribution is 7.71. The van der Waals surface area contributed by atoms with E-state index in [0.717, 1.165) is 30.4 Å². The van der Waals surface area contributed by atoms with E-state index in [9.17, 15) is 14.9 Å². The van der Waals surface area contributed by atoms with E-state index in [1.165, 1.54) is 26.3 Å². The lowest BCUT2D eigenvalue weighted by Gasteiger charge is -2.12. The van der Waals surface area contributed by atoms with Gasteiger partial charge in [0.15, 0.2) is 5.75 Å². The van der Waals surface area contributed by atoms with E-state index in [1.54, 1.807) is 6.07 Å². The summed E-state index contributed by atoms with van der Waals surface area (Å²) in [5.74, 6) is 0.278. The average Bonchev–Trinajstić information content (AvgIpc) is 2.70. The van der Waals surface area contributed by atoms with Gasteiger partial charge >= 0.3 is 5.69 Å². The zero-order valence-electron chi connectivity index (χ0n) is 16.5. The zero-order chi connectivity index (χ0) is 21.4. The minimum absolute atomic E-state index is 0.00495. The van der Waals surface area contributed by atoms with Crippen molar-refractivity contribution < 1.29 is 14.4 Å². The first-order valence-corrected chi connectivity index (χ1v) is 9.51. The van der Waals surface area contributed by atoms with Crippen molar-refractivity contribution in [1.29, 1.82) is 0 Å². The second-order valence-corrected chi connectivity index (χ2v) is 6.60. The molecule has 0 aliphatic heterocycles. The summed E-state index contributed by atoms with van der Waals surface area (Å²) in [6.45, 7) is 3.97. The van der Waals surface area contributed by atoms with Crippen molar-refractivity contribution in [1.82, 2.24) is 14.9 Å². The molecular formula is C18H23N5O5S.